The molecule has 1 heterocycles. The predicted octanol–water partition coefficient (Wildman–Crippen LogP) is 1.37. The van der Waals surface area contributed by atoms with Crippen LogP contribution in [-0.2, 0) is 9.53 Å². The highest BCUT2D eigenvalue weighted by molar-refractivity contribution is 14.0. The van der Waals surface area contributed by atoms with E-state index in [-0.39, 0.29) is 36.4 Å². The molecule has 2 rings (SSSR count). The quantitative estimate of drug-likeness (QED) is 0.212. The van der Waals surface area contributed by atoms with E-state index in [0.717, 1.165) is 57.5 Å². The van der Waals surface area contributed by atoms with Gasteiger partial charge in [0, 0.05) is 40.8 Å². The summed E-state index contributed by atoms with van der Waals surface area (Å²) in [6.45, 7) is 6.79. The molecule has 1 saturated heterocycles. The van der Waals surface area contributed by atoms with Gasteiger partial charge in [-0.15, -0.1) is 24.0 Å². The molecule has 9 heteroatoms. The Morgan fingerprint density at radius 1 is 1.20 bits per heavy atom. The number of ether oxygens (including phenoxy) is 2. The third kappa shape index (κ3) is 10.4. The number of amides is 1. The lowest BCUT2D eigenvalue weighted by Gasteiger charge is -2.27. The van der Waals surface area contributed by atoms with Crippen LogP contribution in [0.25, 0.3) is 0 Å². The Kier molecular flexibility index (Phi) is 13.4. The zero-order chi connectivity index (χ0) is 20.9. The number of hydrogen-bond acceptors (Lipinski definition) is 5. The second kappa shape index (κ2) is 15.2. The van der Waals surface area contributed by atoms with Crippen molar-refractivity contribution in [2.75, 3.05) is 80.2 Å². The summed E-state index contributed by atoms with van der Waals surface area (Å²) in [5.41, 5.74) is 0. The van der Waals surface area contributed by atoms with Gasteiger partial charge in [0.05, 0.1) is 19.8 Å². The lowest BCUT2D eigenvalue weighted by molar-refractivity contribution is -0.127. The summed E-state index contributed by atoms with van der Waals surface area (Å²) in [5, 5.41) is 3.39. The van der Waals surface area contributed by atoms with Crippen LogP contribution in [0.1, 0.15) is 6.42 Å². The number of nitrogens with zero attached hydrogens (tertiary/aromatic N) is 4. The number of benzene rings is 1. The normalized spacial score (nSPS) is 14.6. The molecule has 0 saturated carbocycles. The van der Waals surface area contributed by atoms with E-state index in [9.17, 15) is 4.79 Å². The van der Waals surface area contributed by atoms with Gasteiger partial charge in [-0.25, -0.2) is 4.99 Å². The fourth-order valence-corrected chi connectivity index (χ4v) is 2.85. The fourth-order valence-electron chi connectivity index (χ4n) is 2.85. The SMILES string of the molecule is CN(C)C(=O)CN=C(NCCCN1CCOCC1)N(C)CCOc1ccccc1.I. The first-order valence-corrected chi connectivity index (χ1v) is 10.2. The van der Waals surface area contributed by atoms with Gasteiger partial charge in [-0.3, -0.25) is 9.69 Å². The number of guanidine groups is 1. The third-order valence-corrected chi connectivity index (χ3v) is 4.70. The Morgan fingerprint density at radius 2 is 1.90 bits per heavy atom. The van der Waals surface area contributed by atoms with Crippen molar-refractivity contribution < 1.29 is 14.3 Å². The average Bonchev–Trinajstić information content (AvgIpc) is 2.74. The molecular formula is C21H36IN5O3. The van der Waals surface area contributed by atoms with Gasteiger partial charge in [0.1, 0.15) is 18.9 Å². The lowest BCUT2D eigenvalue weighted by atomic mass is 10.3. The van der Waals surface area contributed by atoms with Crippen LogP contribution in [0.15, 0.2) is 35.3 Å². The minimum Gasteiger partial charge on any atom is -0.492 e. The van der Waals surface area contributed by atoms with Gasteiger partial charge in [-0.2, -0.15) is 0 Å². The minimum atomic E-state index is -0.0217. The average molecular weight is 533 g/mol. The van der Waals surface area contributed by atoms with Crippen LogP contribution in [0.5, 0.6) is 5.75 Å². The number of aliphatic imine (C=N–C) groups is 1. The smallest absolute Gasteiger partial charge is 0.243 e. The molecule has 0 bridgehead atoms. The number of para-hydroxylation sites is 1. The number of rotatable bonds is 10. The molecule has 1 aromatic rings. The van der Waals surface area contributed by atoms with Crippen molar-refractivity contribution in [3.8, 4) is 5.75 Å². The third-order valence-electron chi connectivity index (χ3n) is 4.70. The van der Waals surface area contributed by atoms with Crippen molar-refractivity contribution in [3.05, 3.63) is 30.3 Å². The van der Waals surface area contributed by atoms with Gasteiger partial charge < -0.3 is 24.6 Å². The van der Waals surface area contributed by atoms with Crippen molar-refractivity contribution in [2.24, 2.45) is 4.99 Å². The summed E-state index contributed by atoms with van der Waals surface area (Å²) in [6, 6.07) is 9.75. The second-order valence-corrected chi connectivity index (χ2v) is 7.25. The van der Waals surface area contributed by atoms with Crippen LogP contribution in [0.3, 0.4) is 0 Å². The van der Waals surface area contributed by atoms with E-state index in [2.05, 4.69) is 15.2 Å². The highest BCUT2D eigenvalue weighted by atomic mass is 127. The molecule has 1 amide bonds. The molecule has 170 valence electrons. The predicted molar refractivity (Wildman–Crippen MR) is 131 cm³/mol. The van der Waals surface area contributed by atoms with Gasteiger partial charge in [0.25, 0.3) is 0 Å². The van der Waals surface area contributed by atoms with Crippen molar-refractivity contribution in [3.63, 3.8) is 0 Å². The van der Waals surface area contributed by atoms with E-state index in [0.29, 0.717) is 13.2 Å². The summed E-state index contributed by atoms with van der Waals surface area (Å²) in [7, 11) is 5.44. The zero-order valence-electron chi connectivity index (χ0n) is 18.4. The van der Waals surface area contributed by atoms with Crippen molar-refractivity contribution in [2.45, 2.75) is 6.42 Å². The Bertz CT molecular complexity index is 624. The van der Waals surface area contributed by atoms with Gasteiger partial charge in [0.2, 0.25) is 5.91 Å². The Morgan fingerprint density at radius 3 is 2.57 bits per heavy atom. The number of likely N-dealkylation sites (N-methyl/N-ethyl adjacent to an activating group) is 2. The maximum absolute atomic E-state index is 11.9. The largest absolute Gasteiger partial charge is 0.492 e. The van der Waals surface area contributed by atoms with E-state index >= 15 is 0 Å². The van der Waals surface area contributed by atoms with E-state index in [4.69, 9.17) is 9.47 Å². The van der Waals surface area contributed by atoms with Crippen LogP contribution < -0.4 is 10.1 Å². The number of carbonyl (C=O) groups excluding carboxylic acids is 1. The molecule has 1 aliphatic rings. The summed E-state index contributed by atoms with van der Waals surface area (Å²) in [5.74, 6) is 1.55. The van der Waals surface area contributed by atoms with Crippen molar-refractivity contribution in [1.82, 2.24) is 20.0 Å². The van der Waals surface area contributed by atoms with E-state index in [1.54, 1.807) is 19.0 Å². The molecule has 0 radical (unpaired) electrons. The number of morpholine rings is 1. The zero-order valence-corrected chi connectivity index (χ0v) is 20.7. The monoisotopic (exact) mass is 533 g/mol. The lowest BCUT2D eigenvalue weighted by Crippen LogP contribution is -2.43. The number of hydrogen-bond donors (Lipinski definition) is 1. The molecule has 1 fully saturated rings. The number of carbonyl (C=O) groups is 1. The number of halogens is 1. The van der Waals surface area contributed by atoms with Crippen LogP contribution in [-0.4, -0.2) is 107 Å². The van der Waals surface area contributed by atoms with E-state index in [1.807, 2.05) is 42.3 Å². The van der Waals surface area contributed by atoms with Crippen molar-refractivity contribution in [1.29, 1.82) is 0 Å². The molecule has 0 aliphatic carbocycles. The first-order valence-electron chi connectivity index (χ1n) is 10.2. The standard InChI is InChI=1S/C21H35N5O3.HI/c1-24(2)20(27)18-23-21(22-10-7-11-26-13-15-28-16-14-26)25(3)12-17-29-19-8-5-4-6-9-19;/h4-6,8-9H,7,10-18H2,1-3H3,(H,22,23);1H. The molecule has 0 spiro atoms. The van der Waals surface area contributed by atoms with Gasteiger partial charge in [0.15, 0.2) is 5.96 Å². The molecule has 1 aliphatic heterocycles. The van der Waals surface area contributed by atoms with Crippen molar-refractivity contribution >= 4 is 35.8 Å². The maximum atomic E-state index is 11.9. The second-order valence-electron chi connectivity index (χ2n) is 7.25. The van der Waals surface area contributed by atoms with Gasteiger partial charge >= 0.3 is 0 Å². The Balaban J connectivity index is 0.00000450. The van der Waals surface area contributed by atoms with Crippen LogP contribution in [0.4, 0.5) is 0 Å². The molecule has 1 aromatic carbocycles. The van der Waals surface area contributed by atoms with E-state index in [1.165, 1.54) is 0 Å². The molecule has 30 heavy (non-hydrogen) atoms. The number of nitrogens with one attached hydrogen (secondary N) is 1. The highest BCUT2D eigenvalue weighted by Gasteiger charge is 2.11. The summed E-state index contributed by atoms with van der Waals surface area (Å²) in [4.78, 5) is 22.4. The molecular weight excluding hydrogens is 497 g/mol. The first-order chi connectivity index (χ1) is 14.1. The van der Waals surface area contributed by atoms with E-state index < -0.39 is 0 Å². The fraction of sp³-hybridized carbons (Fsp3) is 0.619. The van der Waals surface area contributed by atoms with Crippen LogP contribution in [0.2, 0.25) is 0 Å². The summed E-state index contributed by atoms with van der Waals surface area (Å²) in [6.07, 6.45) is 1.01. The molecule has 0 atom stereocenters. The Labute approximate surface area is 197 Å². The van der Waals surface area contributed by atoms with Crippen LogP contribution >= 0.6 is 24.0 Å². The highest BCUT2D eigenvalue weighted by Crippen LogP contribution is 2.07. The Hall–Kier alpha value is -1.59. The van der Waals surface area contributed by atoms with Gasteiger partial charge in [-0.05, 0) is 25.1 Å². The summed E-state index contributed by atoms with van der Waals surface area (Å²) >= 11 is 0. The molecule has 8 nitrogen and oxygen atoms in total. The van der Waals surface area contributed by atoms with Gasteiger partial charge in [-0.1, -0.05) is 18.2 Å². The molecule has 0 unspecified atom stereocenters. The molecule has 0 aromatic heterocycles. The summed E-state index contributed by atoms with van der Waals surface area (Å²) < 4.78 is 11.2. The minimum absolute atomic E-state index is 0. The van der Waals surface area contributed by atoms with Crippen LogP contribution in [0, 0.1) is 0 Å². The first kappa shape index (κ1) is 26.4. The maximum Gasteiger partial charge on any atom is 0.243 e. The topological polar surface area (TPSA) is 69.6 Å². The molecule has 1 N–H and O–H groups in total.